The lowest BCUT2D eigenvalue weighted by atomic mass is 10.1. The molecule has 3 aromatic rings. The van der Waals surface area contributed by atoms with Gasteiger partial charge in [0.15, 0.2) is 0 Å². The summed E-state index contributed by atoms with van der Waals surface area (Å²) < 4.78 is 1.38. The molecule has 0 atom stereocenters. The molecule has 0 saturated heterocycles. The number of fused-ring (bicyclic) bond motifs is 1. The highest BCUT2D eigenvalue weighted by molar-refractivity contribution is 6.30. The van der Waals surface area contributed by atoms with E-state index in [0.29, 0.717) is 17.1 Å². The van der Waals surface area contributed by atoms with Gasteiger partial charge in [-0.15, -0.1) is 0 Å². The molecular formula is C15H11ClN2O2. The van der Waals surface area contributed by atoms with Gasteiger partial charge in [0.1, 0.15) is 5.65 Å². The molecule has 5 heteroatoms. The second-order valence-corrected chi connectivity index (χ2v) is 4.89. The Morgan fingerprint density at radius 3 is 2.70 bits per heavy atom. The lowest BCUT2D eigenvalue weighted by Gasteiger charge is -2.07. The van der Waals surface area contributed by atoms with Crippen LogP contribution in [0, 0.1) is 0 Å². The van der Waals surface area contributed by atoms with Gasteiger partial charge in [0, 0.05) is 23.7 Å². The topological polar surface area (TPSA) is 54.6 Å². The third-order valence-corrected chi connectivity index (χ3v) is 3.32. The zero-order valence-electron chi connectivity index (χ0n) is 10.5. The van der Waals surface area contributed by atoms with Crippen LogP contribution in [-0.4, -0.2) is 14.5 Å². The lowest BCUT2D eigenvalue weighted by Crippen LogP contribution is -2.19. The molecule has 0 radical (unpaired) electrons. The zero-order valence-corrected chi connectivity index (χ0v) is 11.2. The maximum Gasteiger partial charge on any atom is 0.265 e. The summed E-state index contributed by atoms with van der Waals surface area (Å²) in [6, 6.07) is 12.6. The Morgan fingerprint density at radius 2 is 1.95 bits per heavy atom. The van der Waals surface area contributed by atoms with Crippen LogP contribution in [0.4, 0.5) is 0 Å². The molecule has 0 aliphatic heterocycles. The summed E-state index contributed by atoms with van der Waals surface area (Å²) in [5, 5.41) is 10.4. The molecular weight excluding hydrogens is 276 g/mol. The van der Waals surface area contributed by atoms with Gasteiger partial charge < -0.3 is 5.11 Å². The van der Waals surface area contributed by atoms with Crippen molar-refractivity contribution in [2.24, 2.45) is 0 Å². The summed E-state index contributed by atoms with van der Waals surface area (Å²) in [4.78, 5) is 16.4. The maximum atomic E-state index is 12.4. The molecule has 0 aliphatic carbocycles. The van der Waals surface area contributed by atoms with Gasteiger partial charge in [-0.1, -0.05) is 41.9 Å². The molecule has 2 heterocycles. The van der Waals surface area contributed by atoms with Gasteiger partial charge in [0.2, 0.25) is 5.88 Å². The number of pyridine rings is 1. The molecule has 0 bridgehead atoms. The van der Waals surface area contributed by atoms with E-state index in [2.05, 4.69) is 4.98 Å². The molecule has 2 aromatic heterocycles. The van der Waals surface area contributed by atoms with Crippen LogP contribution >= 0.6 is 11.6 Å². The molecule has 0 saturated carbocycles. The van der Waals surface area contributed by atoms with Crippen molar-refractivity contribution < 1.29 is 5.11 Å². The van der Waals surface area contributed by atoms with E-state index in [0.717, 1.165) is 5.56 Å². The van der Waals surface area contributed by atoms with Gasteiger partial charge in [-0.3, -0.25) is 9.20 Å². The zero-order chi connectivity index (χ0) is 14.1. The van der Waals surface area contributed by atoms with Gasteiger partial charge in [0.05, 0.1) is 5.56 Å². The summed E-state index contributed by atoms with van der Waals surface area (Å²) in [5.74, 6) is -0.249. The number of nitrogens with zero attached hydrogens (tertiary/aromatic N) is 2. The fraction of sp³-hybridized carbons (Fsp3) is 0.0667. The largest absolute Gasteiger partial charge is 0.493 e. The standard InChI is InChI=1S/C15H11ClN2O2/c16-11-6-7-18-13(9-11)17-14(19)12(15(18)20)8-10-4-2-1-3-5-10/h1-7,9,19H,8H2. The van der Waals surface area contributed by atoms with Gasteiger partial charge >= 0.3 is 0 Å². The third kappa shape index (κ3) is 2.26. The summed E-state index contributed by atoms with van der Waals surface area (Å²) in [6.07, 6.45) is 1.89. The second kappa shape index (κ2) is 4.98. The Morgan fingerprint density at radius 1 is 1.20 bits per heavy atom. The van der Waals surface area contributed by atoms with Crippen LogP contribution in [0.5, 0.6) is 5.88 Å². The minimum atomic E-state index is -0.284. The van der Waals surface area contributed by atoms with Crippen LogP contribution in [-0.2, 0) is 6.42 Å². The van der Waals surface area contributed by atoms with Gasteiger partial charge in [-0.2, -0.15) is 4.98 Å². The van der Waals surface area contributed by atoms with Crippen molar-refractivity contribution in [3.63, 3.8) is 0 Å². The number of rotatable bonds is 2. The number of halogens is 1. The van der Waals surface area contributed by atoms with Crippen LogP contribution in [0.15, 0.2) is 53.5 Å². The Bertz CT molecular complexity index is 828. The maximum absolute atomic E-state index is 12.4. The van der Waals surface area contributed by atoms with Crippen molar-refractivity contribution in [3.05, 3.63) is 75.2 Å². The average molecular weight is 287 g/mol. The van der Waals surface area contributed by atoms with Crippen molar-refractivity contribution in [3.8, 4) is 5.88 Å². The van der Waals surface area contributed by atoms with E-state index in [-0.39, 0.29) is 17.0 Å². The lowest BCUT2D eigenvalue weighted by molar-refractivity contribution is 0.446. The van der Waals surface area contributed by atoms with Crippen LogP contribution < -0.4 is 5.56 Å². The van der Waals surface area contributed by atoms with Crippen molar-refractivity contribution in [2.75, 3.05) is 0 Å². The van der Waals surface area contributed by atoms with E-state index in [1.165, 1.54) is 10.5 Å². The first-order valence-corrected chi connectivity index (χ1v) is 6.46. The van der Waals surface area contributed by atoms with Crippen LogP contribution in [0.1, 0.15) is 11.1 Å². The van der Waals surface area contributed by atoms with E-state index < -0.39 is 0 Å². The van der Waals surface area contributed by atoms with Gasteiger partial charge in [-0.05, 0) is 11.6 Å². The number of hydrogen-bond acceptors (Lipinski definition) is 3. The molecule has 20 heavy (non-hydrogen) atoms. The minimum absolute atomic E-state index is 0.249. The Labute approximate surface area is 119 Å². The van der Waals surface area contributed by atoms with Crippen LogP contribution in [0.3, 0.4) is 0 Å². The molecule has 100 valence electrons. The Hall–Kier alpha value is -2.33. The molecule has 0 unspecified atom stereocenters. The normalized spacial score (nSPS) is 10.8. The fourth-order valence-corrected chi connectivity index (χ4v) is 2.25. The highest BCUT2D eigenvalue weighted by Gasteiger charge is 2.12. The fourth-order valence-electron chi connectivity index (χ4n) is 2.09. The van der Waals surface area contributed by atoms with Crippen molar-refractivity contribution in [1.29, 1.82) is 0 Å². The summed E-state index contributed by atoms with van der Waals surface area (Å²) in [6.45, 7) is 0. The first kappa shape index (κ1) is 12.7. The molecule has 0 fully saturated rings. The monoisotopic (exact) mass is 286 g/mol. The quantitative estimate of drug-likeness (QED) is 0.788. The highest BCUT2D eigenvalue weighted by Crippen LogP contribution is 2.17. The molecule has 0 amide bonds. The Balaban J connectivity index is 2.17. The van der Waals surface area contributed by atoms with Crippen LogP contribution in [0.25, 0.3) is 5.65 Å². The smallest absolute Gasteiger partial charge is 0.265 e. The van der Waals surface area contributed by atoms with E-state index in [1.807, 2.05) is 30.3 Å². The van der Waals surface area contributed by atoms with E-state index in [1.54, 1.807) is 12.3 Å². The summed E-state index contributed by atoms with van der Waals surface area (Å²) in [5.41, 5.74) is 1.26. The predicted octanol–water partition coefficient (Wildman–Crippen LogP) is 2.64. The summed E-state index contributed by atoms with van der Waals surface area (Å²) in [7, 11) is 0. The third-order valence-electron chi connectivity index (χ3n) is 3.09. The highest BCUT2D eigenvalue weighted by atomic mass is 35.5. The number of aromatic hydroxyl groups is 1. The van der Waals surface area contributed by atoms with Gasteiger partial charge in [-0.25, -0.2) is 0 Å². The van der Waals surface area contributed by atoms with Crippen molar-refractivity contribution >= 4 is 17.2 Å². The minimum Gasteiger partial charge on any atom is -0.493 e. The molecule has 0 aliphatic rings. The molecule has 1 N–H and O–H groups in total. The first-order valence-electron chi connectivity index (χ1n) is 6.09. The molecule has 4 nitrogen and oxygen atoms in total. The molecule has 0 spiro atoms. The van der Waals surface area contributed by atoms with Crippen molar-refractivity contribution in [2.45, 2.75) is 6.42 Å². The molecule has 3 rings (SSSR count). The van der Waals surface area contributed by atoms with Gasteiger partial charge in [0.25, 0.3) is 5.56 Å². The first-order chi connectivity index (χ1) is 9.65. The molecule has 1 aromatic carbocycles. The van der Waals surface area contributed by atoms with E-state index in [4.69, 9.17) is 11.6 Å². The SMILES string of the molecule is O=c1c(Cc2ccccc2)c(O)nc2cc(Cl)ccn12. The average Bonchev–Trinajstić information content (AvgIpc) is 2.44. The Kier molecular flexibility index (Phi) is 3.16. The van der Waals surface area contributed by atoms with Crippen LogP contribution in [0.2, 0.25) is 5.02 Å². The van der Waals surface area contributed by atoms with Crippen molar-refractivity contribution in [1.82, 2.24) is 9.38 Å². The van der Waals surface area contributed by atoms with E-state index >= 15 is 0 Å². The number of hydrogen-bond donors (Lipinski definition) is 1. The number of benzene rings is 1. The second-order valence-electron chi connectivity index (χ2n) is 4.45. The summed E-state index contributed by atoms with van der Waals surface area (Å²) >= 11 is 5.86. The van der Waals surface area contributed by atoms with E-state index in [9.17, 15) is 9.90 Å². The number of aromatic nitrogens is 2. The predicted molar refractivity (Wildman–Crippen MR) is 77.4 cm³/mol.